The van der Waals surface area contributed by atoms with Crippen LogP contribution in [0.1, 0.15) is 11.1 Å². The lowest BCUT2D eigenvalue weighted by molar-refractivity contribution is -0.138. The fourth-order valence-corrected chi connectivity index (χ4v) is 1.93. The molecule has 1 heterocycles. The lowest BCUT2D eigenvalue weighted by Crippen LogP contribution is -2.22. The summed E-state index contributed by atoms with van der Waals surface area (Å²) in [4.78, 5) is 11.7. The highest BCUT2D eigenvalue weighted by Crippen LogP contribution is 2.28. The number of anilines is 1. The second-order valence-corrected chi connectivity index (χ2v) is 4.45. The van der Waals surface area contributed by atoms with Crippen LogP contribution in [0, 0.1) is 0 Å². The van der Waals surface area contributed by atoms with Crippen LogP contribution in [0.15, 0.2) is 41.3 Å². The predicted octanol–water partition coefficient (Wildman–Crippen LogP) is 2.51. The zero-order valence-corrected chi connectivity index (χ0v) is 11.1. The Morgan fingerprint density at radius 1 is 1.24 bits per heavy atom. The molecule has 2 N–H and O–H groups in total. The number of rotatable bonds is 3. The fourth-order valence-electron chi connectivity index (χ4n) is 1.93. The van der Waals surface area contributed by atoms with E-state index in [1.807, 2.05) is 0 Å². The summed E-state index contributed by atoms with van der Waals surface area (Å²) in [6, 6.07) is 6.42. The number of methoxy groups -OCH3 is 1. The van der Waals surface area contributed by atoms with Gasteiger partial charge in [0.05, 0.1) is 19.2 Å². The van der Waals surface area contributed by atoms with E-state index in [-0.39, 0.29) is 6.54 Å². The summed E-state index contributed by atoms with van der Waals surface area (Å²) < 4.78 is 44.2. The zero-order valence-electron chi connectivity index (χ0n) is 11.1. The maximum Gasteiger partial charge on any atom is 0.417 e. The van der Waals surface area contributed by atoms with Gasteiger partial charge in [-0.3, -0.25) is 4.79 Å². The molecule has 0 atom stereocenters. The summed E-state index contributed by atoms with van der Waals surface area (Å²) in [6.07, 6.45) is -3.72. The SMILES string of the molecule is COc1ccc(N)cc1Cn1cc(C(F)(F)F)ccc1=O. The summed E-state index contributed by atoms with van der Waals surface area (Å²) in [7, 11) is 1.43. The van der Waals surface area contributed by atoms with Crippen LogP contribution >= 0.6 is 0 Å². The number of aromatic nitrogens is 1. The molecule has 0 radical (unpaired) electrons. The van der Waals surface area contributed by atoms with Gasteiger partial charge >= 0.3 is 6.18 Å². The monoisotopic (exact) mass is 298 g/mol. The smallest absolute Gasteiger partial charge is 0.417 e. The zero-order chi connectivity index (χ0) is 15.6. The molecule has 21 heavy (non-hydrogen) atoms. The molecule has 0 saturated heterocycles. The topological polar surface area (TPSA) is 57.2 Å². The Morgan fingerprint density at radius 2 is 1.95 bits per heavy atom. The molecule has 0 aliphatic rings. The van der Waals surface area contributed by atoms with Gasteiger partial charge in [0, 0.05) is 23.5 Å². The van der Waals surface area contributed by atoms with Crippen molar-refractivity contribution in [3.8, 4) is 5.75 Å². The number of ether oxygens (including phenoxy) is 1. The van der Waals surface area contributed by atoms with Crippen LogP contribution in [-0.2, 0) is 12.7 Å². The number of pyridine rings is 1. The van der Waals surface area contributed by atoms with Crippen LogP contribution in [0.5, 0.6) is 5.75 Å². The van der Waals surface area contributed by atoms with Crippen LogP contribution in [0.3, 0.4) is 0 Å². The Morgan fingerprint density at radius 3 is 2.57 bits per heavy atom. The van der Waals surface area contributed by atoms with Crippen molar-refractivity contribution >= 4 is 5.69 Å². The molecule has 1 aromatic heterocycles. The number of benzene rings is 1. The minimum Gasteiger partial charge on any atom is -0.496 e. The number of hydrogen-bond donors (Lipinski definition) is 1. The van der Waals surface area contributed by atoms with Gasteiger partial charge in [-0.05, 0) is 24.3 Å². The first kappa shape index (κ1) is 15.0. The van der Waals surface area contributed by atoms with E-state index in [4.69, 9.17) is 10.5 Å². The third-order valence-electron chi connectivity index (χ3n) is 2.96. The molecule has 1 aromatic carbocycles. The summed E-state index contributed by atoms with van der Waals surface area (Å²) in [5.74, 6) is 0.452. The Bertz CT molecular complexity index is 708. The van der Waals surface area contributed by atoms with E-state index >= 15 is 0 Å². The van der Waals surface area contributed by atoms with Gasteiger partial charge in [0.25, 0.3) is 5.56 Å². The minimum absolute atomic E-state index is 0.0586. The number of nitrogens with zero attached hydrogens (tertiary/aromatic N) is 1. The molecule has 4 nitrogen and oxygen atoms in total. The molecule has 0 aliphatic carbocycles. The Kier molecular flexibility index (Phi) is 3.93. The third kappa shape index (κ3) is 3.36. The fraction of sp³-hybridized carbons (Fsp3) is 0.214. The van der Waals surface area contributed by atoms with Crippen LogP contribution < -0.4 is 16.0 Å². The van der Waals surface area contributed by atoms with Gasteiger partial charge in [-0.25, -0.2) is 0 Å². The molecule has 0 saturated carbocycles. The molecule has 0 bridgehead atoms. The molecular formula is C14H13F3N2O2. The van der Waals surface area contributed by atoms with Crippen molar-refractivity contribution in [2.75, 3.05) is 12.8 Å². The molecular weight excluding hydrogens is 285 g/mol. The van der Waals surface area contributed by atoms with Crippen molar-refractivity contribution in [1.29, 1.82) is 0 Å². The number of halogens is 3. The maximum atomic E-state index is 12.7. The van der Waals surface area contributed by atoms with Crippen molar-refractivity contribution in [2.45, 2.75) is 12.7 Å². The lowest BCUT2D eigenvalue weighted by Gasteiger charge is -2.13. The van der Waals surface area contributed by atoms with Gasteiger partial charge in [0.1, 0.15) is 5.75 Å². The van der Waals surface area contributed by atoms with Crippen molar-refractivity contribution in [1.82, 2.24) is 4.57 Å². The quantitative estimate of drug-likeness (QED) is 0.886. The Hall–Kier alpha value is -2.44. The molecule has 0 amide bonds. The normalized spacial score (nSPS) is 11.4. The van der Waals surface area contributed by atoms with E-state index in [1.54, 1.807) is 18.2 Å². The highest BCUT2D eigenvalue weighted by Gasteiger charge is 2.31. The average Bonchev–Trinajstić information content (AvgIpc) is 2.40. The molecule has 2 aromatic rings. The Labute approximate surface area is 118 Å². The first-order valence-corrected chi connectivity index (χ1v) is 6.01. The number of hydrogen-bond acceptors (Lipinski definition) is 3. The second-order valence-electron chi connectivity index (χ2n) is 4.45. The molecule has 0 spiro atoms. The molecule has 7 heteroatoms. The first-order chi connectivity index (χ1) is 9.81. The first-order valence-electron chi connectivity index (χ1n) is 6.01. The van der Waals surface area contributed by atoms with Crippen LogP contribution in [-0.4, -0.2) is 11.7 Å². The lowest BCUT2D eigenvalue weighted by atomic mass is 10.1. The van der Waals surface area contributed by atoms with Crippen LogP contribution in [0.2, 0.25) is 0 Å². The summed E-state index contributed by atoms with van der Waals surface area (Å²) in [5, 5.41) is 0. The van der Waals surface area contributed by atoms with E-state index in [1.165, 1.54) is 7.11 Å². The van der Waals surface area contributed by atoms with Crippen molar-refractivity contribution in [3.63, 3.8) is 0 Å². The van der Waals surface area contributed by atoms with Crippen LogP contribution in [0.25, 0.3) is 0 Å². The van der Waals surface area contributed by atoms with Crippen molar-refractivity contribution in [3.05, 3.63) is 58.0 Å². The summed E-state index contributed by atoms with van der Waals surface area (Å²) in [5.41, 5.74) is 5.19. The number of alkyl halides is 3. The van der Waals surface area contributed by atoms with E-state index in [0.717, 1.165) is 22.9 Å². The van der Waals surface area contributed by atoms with Gasteiger partial charge in [-0.15, -0.1) is 0 Å². The Balaban J connectivity index is 2.44. The second kappa shape index (κ2) is 5.51. The van der Waals surface area contributed by atoms with E-state index < -0.39 is 17.3 Å². The van der Waals surface area contributed by atoms with Crippen LogP contribution in [0.4, 0.5) is 18.9 Å². The van der Waals surface area contributed by atoms with Gasteiger partial charge in [0.2, 0.25) is 0 Å². The molecule has 0 aliphatic heterocycles. The van der Waals surface area contributed by atoms with Gasteiger partial charge < -0.3 is 15.0 Å². The summed E-state index contributed by atoms with van der Waals surface area (Å²) >= 11 is 0. The van der Waals surface area contributed by atoms with Crippen molar-refractivity contribution < 1.29 is 17.9 Å². The molecule has 0 fully saturated rings. The standard InChI is InChI=1S/C14H13F3N2O2/c1-21-12-4-3-11(18)6-9(12)7-19-8-10(14(15,16)17)2-5-13(19)20/h2-6,8H,7,18H2,1H3. The van der Waals surface area contributed by atoms with Gasteiger partial charge in [-0.2, -0.15) is 13.2 Å². The van der Waals surface area contributed by atoms with E-state index in [0.29, 0.717) is 17.0 Å². The van der Waals surface area contributed by atoms with Gasteiger partial charge in [0.15, 0.2) is 0 Å². The van der Waals surface area contributed by atoms with E-state index in [2.05, 4.69) is 0 Å². The summed E-state index contributed by atoms with van der Waals surface area (Å²) in [6.45, 7) is -0.0586. The molecule has 112 valence electrons. The highest BCUT2D eigenvalue weighted by molar-refractivity contribution is 5.48. The molecule has 0 unspecified atom stereocenters. The van der Waals surface area contributed by atoms with E-state index in [9.17, 15) is 18.0 Å². The minimum atomic E-state index is -4.50. The maximum absolute atomic E-state index is 12.7. The molecule has 2 rings (SSSR count). The largest absolute Gasteiger partial charge is 0.496 e. The van der Waals surface area contributed by atoms with Gasteiger partial charge in [-0.1, -0.05) is 0 Å². The number of nitrogen functional groups attached to an aromatic ring is 1. The third-order valence-corrected chi connectivity index (χ3v) is 2.96. The highest BCUT2D eigenvalue weighted by atomic mass is 19.4. The number of nitrogens with two attached hydrogens (primary N) is 1. The van der Waals surface area contributed by atoms with Crippen molar-refractivity contribution in [2.24, 2.45) is 0 Å². The average molecular weight is 298 g/mol. The predicted molar refractivity (Wildman–Crippen MR) is 72.2 cm³/mol.